The highest BCUT2D eigenvalue weighted by molar-refractivity contribution is 5.77. The van der Waals surface area contributed by atoms with Crippen LogP contribution in [0, 0.1) is 6.92 Å². The Bertz CT molecular complexity index is 494. The number of anilines is 1. The van der Waals surface area contributed by atoms with Crippen LogP contribution < -0.4 is 5.32 Å². The smallest absolute Gasteiger partial charge is 0.236 e. The summed E-state index contributed by atoms with van der Waals surface area (Å²) in [4.78, 5) is 15.6. The molecule has 1 heterocycles. The molecule has 2 N–H and O–H groups in total. The number of aromatic hydroxyl groups is 1. The molecule has 0 aliphatic carbocycles. The number of amides is 1. The van der Waals surface area contributed by atoms with E-state index in [9.17, 15) is 9.90 Å². The van der Waals surface area contributed by atoms with Gasteiger partial charge in [-0.3, -0.25) is 9.69 Å². The van der Waals surface area contributed by atoms with Crippen molar-refractivity contribution >= 4 is 11.6 Å². The van der Waals surface area contributed by atoms with Gasteiger partial charge in [0, 0.05) is 38.9 Å². The van der Waals surface area contributed by atoms with E-state index >= 15 is 0 Å². The number of hydrogen-bond acceptors (Lipinski definition) is 4. The highest BCUT2D eigenvalue weighted by Gasteiger charge is 2.21. The van der Waals surface area contributed by atoms with Crippen molar-refractivity contribution in [2.75, 3.05) is 39.0 Å². The molecule has 21 heavy (non-hydrogen) atoms. The molecule has 0 radical (unpaired) electrons. The second kappa shape index (κ2) is 6.80. The Morgan fingerprint density at radius 1 is 1.38 bits per heavy atom. The van der Waals surface area contributed by atoms with E-state index in [1.807, 2.05) is 19.1 Å². The van der Waals surface area contributed by atoms with Crippen LogP contribution in [-0.2, 0) is 4.79 Å². The number of aryl methyl sites for hydroxylation is 1. The Labute approximate surface area is 126 Å². The Balaban J connectivity index is 1.81. The molecule has 1 amide bonds. The summed E-state index contributed by atoms with van der Waals surface area (Å²) in [7, 11) is 3.59. The zero-order valence-electron chi connectivity index (χ0n) is 13.1. The molecule has 116 valence electrons. The fraction of sp³-hybridized carbons (Fsp3) is 0.562. The number of rotatable bonds is 4. The van der Waals surface area contributed by atoms with Gasteiger partial charge in [0.1, 0.15) is 5.75 Å². The van der Waals surface area contributed by atoms with Crippen molar-refractivity contribution in [1.82, 2.24) is 9.80 Å². The predicted octanol–water partition coefficient (Wildman–Crippen LogP) is 1.67. The SMILES string of the molecule is Cc1cc(NC2CCN(CC(=O)N(C)C)CC2)ccc1O. The minimum atomic E-state index is 0.163. The minimum absolute atomic E-state index is 0.163. The maximum absolute atomic E-state index is 11.7. The largest absolute Gasteiger partial charge is 0.508 e. The topological polar surface area (TPSA) is 55.8 Å². The number of carbonyl (C=O) groups excluding carboxylic acids is 1. The number of likely N-dealkylation sites (N-methyl/N-ethyl adjacent to an activating group) is 1. The number of likely N-dealkylation sites (tertiary alicyclic amines) is 1. The number of hydrogen-bond donors (Lipinski definition) is 2. The van der Waals surface area contributed by atoms with Crippen molar-refractivity contribution in [1.29, 1.82) is 0 Å². The van der Waals surface area contributed by atoms with Gasteiger partial charge in [0.2, 0.25) is 5.91 Å². The molecule has 1 aromatic rings. The fourth-order valence-electron chi connectivity index (χ4n) is 2.55. The van der Waals surface area contributed by atoms with Gasteiger partial charge in [-0.2, -0.15) is 0 Å². The first-order valence-electron chi connectivity index (χ1n) is 7.44. The lowest BCUT2D eigenvalue weighted by Gasteiger charge is -2.33. The average molecular weight is 291 g/mol. The Hall–Kier alpha value is -1.75. The van der Waals surface area contributed by atoms with Gasteiger partial charge in [-0.25, -0.2) is 0 Å². The fourth-order valence-corrected chi connectivity index (χ4v) is 2.55. The second-order valence-corrected chi connectivity index (χ2v) is 5.98. The number of carbonyl (C=O) groups is 1. The van der Waals surface area contributed by atoms with E-state index in [4.69, 9.17) is 0 Å². The van der Waals surface area contributed by atoms with E-state index in [-0.39, 0.29) is 5.91 Å². The number of benzene rings is 1. The van der Waals surface area contributed by atoms with Gasteiger partial charge in [0.05, 0.1) is 6.54 Å². The van der Waals surface area contributed by atoms with Gasteiger partial charge in [0.25, 0.3) is 0 Å². The third-order valence-electron chi connectivity index (χ3n) is 4.01. The highest BCUT2D eigenvalue weighted by Crippen LogP contribution is 2.22. The van der Waals surface area contributed by atoms with E-state index in [1.165, 1.54) is 0 Å². The van der Waals surface area contributed by atoms with Crippen LogP contribution in [-0.4, -0.2) is 60.6 Å². The van der Waals surface area contributed by atoms with E-state index in [0.717, 1.165) is 37.2 Å². The second-order valence-electron chi connectivity index (χ2n) is 5.98. The van der Waals surface area contributed by atoms with Crippen LogP contribution in [0.4, 0.5) is 5.69 Å². The summed E-state index contributed by atoms with van der Waals surface area (Å²) in [6, 6.07) is 6.03. The van der Waals surface area contributed by atoms with Crippen molar-refractivity contribution in [3.05, 3.63) is 23.8 Å². The quantitative estimate of drug-likeness (QED) is 0.829. The highest BCUT2D eigenvalue weighted by atomic mass is 16.3. The van der Waals surface area contributed by atoms with Gasteiger partial charge >= 0.3 is 0 Å². The van der Waals surface area contributed by atoms with Crippen LogP contribution in [0.1, 0.15) is 18.4 Å². The standard InChI is InChI=1S/C16H25N3O2/c1-12-10-14(4-5-15(12)20)17-13-6-8-19(9-7-13)11-16(21)18(2)3/h4-5,10,13,17,20H,6-9,11H2,1-3H3. The van der Waals surface area contributed by atoms with Crippen LogP contribution in [0.5, 0.6) is 5.75 Å². The van der Waals surface area contributed by atoms with Crippen molar-refractivity contribution in [3.63, 3.8) is 0 Å². The lowest BCUT2D eigenvalue weighted by atomic mass is 10.0. The van der Waals surface area contributed by atoms with Crippen LogP contribution in [0.15, 0.2) is 18.2 Å². The molecule has 1 aromatic carbocycles. The van der Waals surface area contributed by atoms with Gasteiger partial charge in [-0.05, 0) is 43.5 Å². The summed E-state index contributed by atoms with van der Waals surface area (Å²) in [5.41, 5.74) is 1.93. The summed E-state index contributed by atoms with van der Waals surface area (Å²) < 4.78 is 0. The monoisotopic (exact) mass is 291 g/mol. The predicted molar refractivity (Wildman–Crippen MR) is 84.6 cm³/mol. The molecule has 0 spiro atoms. The number of piperidine rings is 1. The Morgan fingerprint density at radius 2 is 2.05 bits per heavy atom. The van der Waals surface area contributed by atoms with E-state index < -0.39 is 0 Å². The van der Waals surface area contributed by atoms with Crippen molar-refractivity contribution < 1.29 is 9.90 Å². The summed E-state index contributed by atoms with van der Waals surface area (Å²) in [6.07, 6.45) is 2.06. The molecule has 0 atom stereocenters. The summed E-state index contributed by atoms with van der Waals surface area (Å²) in [6.45, 7) is 4.29. The number of nitrogens with zero attached hydrogens (tertiary/aromatic N) is 2. The van der Waals surface area contributed by atoms with Crippen molar-refractivity contribution in [3.8, 4) is 5.75 Å². The lowest BCUT2D eigenvalue weighted by Crippen LogP contribution is -2.43. The summed E-state index contributed by atoms with van der Waals surface area (Å²) >= 11 is 0. The Kier molecular flexibility index (Phi) is 5.07. The molecular formula is C16H25N3O2. The zero-order valence-corrected chi connectivity index (χ0v) is 13.1. The summed E-state index contributed by atoms with van der Waals surface area (Å²) in [5, 5.41) is 13.1. The number of phenols is 1. The van der Waals surface area contributed by atoms with Crippen molar-refractivity contribution in [2.24, 2.45) is 0 Å². The lowest BCUT2D eigenvalue weighted by molar-refractivity contribution is -0.130. The van der Waals surface area contributed by atoms with Crippen LogP contribution in [0.2, 0.25) is 0 Å². The molecule has 1 fully saturated rings. The molecule has 2 rings (SSSR count). The first-order chi connectivity index (χ1) is 9.95. The molecule has 1 aliphatic rings. The molecule has 0 unspecified atom stereocenters. The molecule has 1 aliphatic heterocycles. The third-order valence-corrected chi connectivity index (χ3v) is 4.01. The molecule has 0 aromatic heterocycles. The normalized spacial score (nSPS) is 16.7. The van der Waals surface area contributed by atoms with E-state index in [0.29, 0.717) is 18.3 Å². The van der Waals surface area contributed by atoms with Gasteiger partial charge in [-0.1, -0.05) is 0 Å². The van der Waals surface area contributed by atoms with Gasteiger partial charge in [0.15, 0.2) is 0 Å². The molecule has 0 saturated carbocycles. The third kappa shape index (κ3) is 4.36. The molecule has 5 nitrogen and oxygen atoms in total. The zero-order chi connectivity index (χ0) is 15.4. The van der Waals surface area contributed by atoms with Gasteiger partial charge in [-0.15, -0.1) is 0 Å². The average Bonchev–Trinajstić information content (AvgIpc) is 2.45. The first-order valence-corrected chi connectivity index (χ1v) is 7.44. The van der Waals surface area contributed by atoms with Crippen LogP contribution >= 0.6 is 0 Å². The van der Waals surface area contributed by atoms with Crippen LogP contribution in [0.25, 0.3) is 0 Å². The van der Waals surface area contributed by atoms with Crippen molar-refractivity contribution in [2.45, 2.75) is 25.8 Å². The molecular weight excluding hydrogens is 266 g/mol. The van der Waals surface area contributed by atoms with Gasteiger partial charge < -0.3 is 15.3 Å². The molecule has 1 saturated heterocycles. The summed E-state index contributed by atoms with van der Waals surface area (Å²) in [5.74, 6) is 0.494. The minimum Gasteiger partial charge on any atom is -0.508 e. The number of nitrogens with one attached hydrogen (secondary N) is 1. The van der Waals surface area contributed by atoms with E-state index in [2.05, 4.69) is 10.2 Å². The maximum Gasteiger partial charge on any atom is 0.236 e. The molecule has 5 heteroatoms. The maximum atomic E-state index is 11.7. The first kappa shape index (κ1) is 15.6. The molecule has 0 bridgehead atoms. The Morgan fingerprint density at radius 3 is 2.62 bits per heavy atom. The van der Waals surface area contributed by atoms with Crippen LogP contribution in [0.3, 0.4) is 0 Å². The van der Waals surface area contributed by atoms with E-state index in [1.54, 1.807) is 25.1 Å². The number of phenolic OH excluding ortho intramolecular Hbond substituents is 1.